The van der Waals surface area contributed by atoms with Crippen LogP contribution in [0.15, 0.2) is 52.5 Å². The predicted octanol–water partition coefficient (Wildman–Crippen LogP) is 4.17. The second kappa shape index (κ2) is 6.94. The molecule has 2 aromatic rings. The van der Waals surface area contributed by atoms with E-state index in [1.807, 2.05) is 18.2 Å². The molecule has 100 valence electrons. The Morgan fingerprint density at radius 3 is 2.58 bits per heavy atom. The molecule has 0 amide bonds. The van der Waals surface area contributed by atoms with Crippen LogP contribution in [0.25, 0.3) is 0 Å². The van der Waals surface area contributed by atoms with E-state index in [1.54, 1.807) is 24.2 Å². The van der Waals surface area contributed by atoms with Crippen LogP contribution in [0.4, 0.5) is 0 Å². The summed E-state index contributed by atoms with van der Waals surface area (Å²) in [6.07, 6.45) is 5.37. The van der Waals surface area contributed by atoms with Gasteiger partial charge in [0.2, 0.25) is 0 Å². The van der Waals surface area contributed by atoms with Gasteiger partial charge in [-0.2, -0.15) is 0 Å². The van der Waals surface area contributed by atoms with Crippen molar-refractivity contribution >= 4 is 23.4 Å². The highest BCUT2D eigenvalue weighted by atomic mass is 35.5. The molecule has 0 saturated carbocycles. The van der Waals surface area contributed by atoms with Crippen LogP contribution in [-0.4, -0.2) is 11.0 Å². The molecule has 0 spiro atoms. The summed E-state index contributed by atoms with van der Waals surface area (Å²) in [7, 11) is 0. The van der Waals surface area contributed by atoms with Gasteiger partial charge in [0.25, 0.3) is 0 Å². The van der Waals surface area contributed by atoms with Gasteiger partial charge in [-0.05, 0) is 42.7 Å². The molecular formula is C15H17ClN2S. The first-order valence-corrected chi connectivity index (χ1v) is 7.50. The van der Waals surface area contributed by atoms with Gasteiger partial charge in [-0.3, -0.25) is 4.98 Å². The quantitative estimate of drug-likeness (QED) is 0.899. The van der Waals surface area contributed by atoms with Gasteiger partial charge in [-0.25, -0.2) is 0 Å². The van der Waals surface area contributed by atoms with Gasteiger partial charge in [0, 0.05) is 33.2 Å². The van der Waals surface area contributed by atoms with Gasteiger partial charge < -0.3 is 5.73 Å². The van der Waals surface area contributed by atoms with E-state index in [0.717, 1.165) is 33.2 Å². The summed E-state index contributed by atoms with van der Waals surface area (Å²) in [6, 6.07) is 10.3. The molecule has 2 rings (SSSR count). The zero-order valence-corrected chi connectivity index (χ0v) is 12.4. The summed E-state index contributed by atoms with van der Waals surface area (Å²) in [5.74, 6) is 0. The molecule has 1 aromatic carbocycles. The fourth-order valence-corrected chi connectivity index (χ4v) is 2.89. The number of nitrogens with zero attached hydrogens (tertiary/aromatic N) is 1. The van der Waals surface area contributed by atoms with Crippen molar-refractivity contribution in [3.05, 3.63) is 53.3 Å². The number of halogens is 1. The van der Waals surface area contributed by atoms with E-state index in [1.165, 1.54) is 0 Å². The maximum absolute atomic E-state index is 6.32. The van der Waals surface area contributed by atoms with Crippen molar-refractivity contribution in [2.75, 3.05) is 0 Å². The van der Waals surface area contributed by atoms with Gasteiger partial charge in [0.15, 0.2) is 0 Å². The van der Waals surface area contributed by atoms with Crippen molar-refractivity contribution in [2.45, 2.75) is 35.6 Å². The minimum absolute atomic E-state index is 0.177. The molecule has 0 aliphatic heterocycles. The van der Waals surface area contributed by atoms with Crippen molar-refractivity contribution in [2.24, 2.45) is 5.73 Å². The molecule has 0 aliphatic rings. The van der Waals surface area contributed by atoms with Crippen molar-refractivity contribution in [1.29, 1.82) is 0 Å². The Balaban J connectivity index is 2.10. The van der Waals surface area contributed by atoms with Crippen LogP contribution in [0.2, 0.25) is 5.02 Å². The smallest absolute Gasteiger partial charge is 0.0449 e. The first kappa shape index (κ1) is 14.4. The molecule has 0 bridgehead atoms. The third-order valence-corrected chi connectivity index (χ3v) is 4.27. The van der Waals surface area contributed by atoms with Crippen LogP contribution < -0.4 is 5.73 Å². The molecule has 0 saturated heterocycles. The minimum atomic E-state index is 0.177. The second-order valence-corrected chi connectivity index (χ2v) is 5.96. The number of hydrogen-bond acceptors (Lipinski definition) is 3. The SMILES string of the molecule is CCC(N)Cc1ccc(Sc2ccncc2)cc1Cl. The predicted molar refractivity (Wildman–Crippen MR) is 81.8 cm³/mol. The number of rotatable bonds is 5. The fourth-order valence-electron chi connectivity index (χ4n) is 1.73. The summed E-state index contributed by atoms with van der Waals surface area (Å²) in [6.45, 7) is 2.09. The maximum atomic E-state index is 6.32. The van der Waals surface area contributed by atoms with Crippen molar-refractivity contribution in [3.8, 4) is 0 Å². The second-order valence-electron chi connectivity index (χ2n) is 4.41. The summed E-state index contributed by atoms with van der Waals surface area (Å²) in [5, 5.41) is 0.794. The average molecular weight is 293 g/mol. The zero-order chi connectivity index (χ0) is 13.7. The lowest BCUT2D eigenvalue weighted by Crippen LogP contribution is -2.21. The summed E-state index contributed by atoms with van der Waals surface area (Å²) < 4.78 is 0. The molecule has 0 radical (unpaired) electrons. The van der Waals surface area contributed by atoms with Gasteiger partial charge in [0.1, 0.15) is 0 Å². The molecule has 2 nitrogen and oxygen atoms in total. The lowest BCUT2D eigenvalue weighted by molar-refractivity contribution is 0.646. The van der Waals surface area contributed by atoms with Crippen molar-refractivity contribution < 1.29 is 0 Å². The Morgan fingerprint density at radius 2 is 1.95 bits per heavy atom. The topological polar surface area (TPSA) is 38.9 Å². The normalized spacial score (nSPS) is 12.4. The van der Waals surface area contributed by atoms with Gasteiger partial charge in [-0.15, -0.1) is 0 Å². The lowest BCUT2D eigenvalue weighted by atomic mass is 10.1. The minimum Gasteiger partial charge on any atom is -0.327 e. The first-order valence-electron chi connectivity index (χ1n) is 6.31. The third kappa shape index (κ3) is 4.23. The van der Waals surface area contributed by atoms with Crippen LogP contribution in [0, 0.1) is 0 Å². The Hall–Kier alpha value is -1.03. The number of pyridine rings is 1. The molecule has 0 fully saturated rings. The standard InChI is InChI=1S/C15H17ClN2S/c1-2-12(17)9-11-3-4-14(10-15(11)16)19-13-5-7-18-8-6-13/h3-8,10,12H,2,9,17H2,1H3. The van der Waals surface area contributed by atoms with Gasteiger partial charge >= 0.3 is 0 Å². The molecule has 1 aromatic heterocycles. The number of nitrogens with two attached hydrogens (primary N) is 1. The first-order chi connectivity index (χ1) is 9.19. The van der Waals surface area contributed by atoms with E-state index in [0.29, 0.717) is 0 Å². The van der Waals surface area contributed by atoms with Crippen LogP contribution >= 0.6 is 23.4 Å². The Morgan fingerprint density at radius 1 is 1.21 bits per heavy atom. The van der Waals surface area contributed by atoms with Crippen LogP contribution in [0.3, 0.4) is 0 Å². The third-order valence-electron chi connectivity index (χ3n) is 2.92. The van der Waals surface area contributed by atoms with Crippen molar-refractivity contribution in [3.63, 3.8) is 0 Å². The van der Waals surface area contributed by atoms with E-state index in [2.05, 4.69) is 24.0 Å². The van der Waals surface area contributed by atoms with E-state index >= 15 is 0 Å². The molecule has 2 N–H and O–H groups in total. The average Bonchev–Trinajstić information content (AvgIpc) is 2.43. The summed E-state index contributed by atoms with van der Waals surface area (Å²) in [4.78, 5) is 6.29. The molecule has 19 heavy (non-hydrogen) atoms. The Labute approximate surface area is 123 Å². The van der Waals surface area contributed by atoms with Gasteiger partial charge in [-0.1, -0.05) is 36.4 Å². The van der Waals surface area contributed by atoms with Crippen molar-refractivity contribution in [1.82, 2.24) is 4.98 Å². The molecule has 1 unspecified atom stereocenters. The molecule has 1 atom stereocenters. The maximum Gasteiger partial charge on any atom is 0.0449 e. The highest BCUT2D eigenvalue weighted by molar-refractivity contribution is 7.99. The zero-order valence-electron chi connectivity index (χ0n) is 10.8. The van der Waals surface area contributed by atoms with E-state index < -0.39 is 0 Å². The highest BCUT2D eigenvalue weighted by Crippen LogP contribution is 2.30. The molecular weight excluding hydrogens is 276 g/mol. The number of aromatic nitrogens is 1. The highest BCUT2D eigenvalue weighted by Gasteiger charge is 2.07. The monoisotopic (exact) mass is 292 g/mol. The van der Waals surface area contributed by atoms with Crippen LogP contribution in [0.5, 0.6) is 0 Å². The molecule has 4 heteroatoms. The Kier molecular flexibility index (Phi) is 5.25. The summed E-state index contributed by atoms with van der Waals surface area (Å²) in [5.41, 5.74) is 7.09. The lowest BCUT2D eigenvalue weighted by Gasteiger charge is -2.11. The largest absolute Gasteiger partial charge is 0.327 e. The Bertz CT molecular complexity index is 531. The fraction of sp³-hybridized carbons (Fsp3) is 0.267. The van der Waals surface area contributed by atoms with E-state index in [9.17, 15) is 0 Å². The van der Waals surface area contributed by atoms with Crippen LogP contribution in [-0.2, 0) is 6.42 Å². The molecule has 1 heterocycles. The molecule has 0 aliphatic carbocycles. The van der Waals surface area contributed by atoms with Gasteiger partial charge in [0.05, 0.1) is 0 Å². The summed E-state index contributed by atoms with van der Waals surface area (Å²) >= 11 is 7.99. The van der Waals surface area contributed by atoms with E-state index in [-0.39, 0.29) is 6.04 Å². The number of hydrogen-bond donors (Lipinski definition) is 1. The van der Waals surface area contributed by atoms with E-state index in [4.69, 9.17) is 17.3 Å². The number of benzene rings is 1. The van der Waals surface area contributed by atoms with Crippen LogP contribution in [0.1, 0.15) is 18.9 Å².